The molecule has 26 heavy (non-hydrogen) atoms. The molecule has 2 aromatic rings. The second-order valence-corrected chi connectivity index (χ2v) is 6.65. The molecule has 2 aromatic carbocycles. The number of ether oxygens (including phenoxy) is 1. The summed E-state index contributed by atoms with van der Waals surface area (Å²) in [5, 5.41) is 0. The second-order valence-electron chi connectivity index (χ2n) is 6.65. The van der Waals surface area contributed by atoms with Gasteiger partial charge < -0.3 is 4.74 Å². The molecule has 0 bridgehead atoms. The van der Waals surface area contributed by atoms with Crippen LogP contribution < -0.4 is 4.74 Å². The van der Waals surface area contributed by atoms with Gasteiger partial charge in [-0.2, -0.15) is 0 Å². The molecule has 0 N–H and O–H groups in total. The van der Waals surface area contributed by atoms with E-state index < -0.39 is 23.7 Å². The smallest absolute Gasteiger partial charge is 0.406 e. The first-order chi connectivity index (χ1) is 12.3. The zero-order valence-corrected chi connectivity index (χ0v) is 14.3. The fourth-order valence-electron chi connectivity index (χ4n) is 3.67. The van der Waals surface area contributed by atoms with Gasteiger partial charge in [0.05, 0.1) is 5.56 Å². The van der Waals surface area contributed by atoms with Gasteiger partial charge >= 0.3 is 6.36 Å². The zero-order valence-electron chi connectivity index (χ0n) is 14.3. The maximum atomic E-state index is 14.9. The lowest BCUT2D eigenvalue weighted by molar-refractivity contribution is -0.274. The van der Waals surface area contributed by atoms with Crippen molar-refractivity contribution in [2.45, 2.75) is 45.4 Å². The molecular weight excluding hydrogens is 351 g/mol. The van der Waals surface area contributed by atoms with Gasteiger partial charge in [-0.25, -0.2) is 8.78 Å². The summed E-state index contributed by atoms with van der Waals surface area (Å²) in [7, 11) is 0. The highest BCUT2D eigenvalue weighted by atomic mass is 19.4. The van der Waals surface area contributed by atoms with E-state index >= 15 is 0 Å². The Morgan fingerprint density at radius 2 is 1.81 bits per heavy atom. The highest BCUT2D eigenvalue weighted by Crippen LogP contribution is 2.37. The van der Waals surface area contributed by atoms with Crippen LogP contribution in [0.3, 0.4) is 0 Å². The van der Waals surface area contributed by atoms with E-state index in [0.717, 1.165) is 31.4 Å². The molecule has 0 fully saturated rings. The maximum Gasteiger partial charge on any atom is 0.573 e. The molecule has 0 aliphatic heterocycles. The van der Waals surface area contributed by atoms with Crippen LogP contribution in [0.25, 0.3) is 11.1 Å². The number of hydrogen-bond acceptors (Lipinski definition) is 1. The number of fused-ring (bicyclic) bond motifs is 1. The molecule has 6 heteroatoms. The van der Waals surface area contributed by atoms with Crippen molar-refractivity contribution in [3.05, 3.63) is 53.1 Å². The van der Waals surface area contributed by atoms with Crippen molar-refractivity contribution in [1.82, 2.24) is 0 Å². The normalized spacial score (nSPS) is 17.1. The van der Waals surface area contributed by atoms with Crippen LogP contribution >= 0.6 is 0 Å². The minimum absolute atomic E-state index is 0.188. The maximum absolute atomic E-state index is 14.9. The molecule has 1 aliphatic carbocycles. The topological polar surface area (TPSA) is 9.23 Å². The fourth-order valence-corrected chi connectivity index (χ4v) is 3.67. The summed E-state index contributed by atoms with van der Waals surface area (Å²) < 4.78 is 70.0. The van der Waals surface area contributed by atoms with E-state index in [2.05, 4.69) is 11.7 Å². The third-order valence-corrected chi connectivity index (χ3v) is 4.80. The minimum Gasteiger partial charge on any atom is -0.406 e. The average Bonchev–Trinajstić information content (AvgIpc) is 2.55. The van der Waals surface area contributed by atoms with Gasteiger partial charge in [0.1, 0.15) is 17.4 Å². The van der Waals surface area contributed by atoms with Crippen molar-refractivity contribution in [1.29, 1.82) is 0 Å². The molecule has 0 heterocycles. The molecule has 0 amide bonds. The fraction of sp³-hybridized carbons (Fsp3) is 0.400. The monoisotopic (exact) mass is 370 g/mol. The van der Waals surface area contributed by atoms with Crippen molar-refractivity contribution in [3.63, 3.8) is 0 Å². The predicted molar refractivity (Wildman–Crippen MR) is 88.9 cm³/mol. The summed E-state index contributed by atoms with van der Waals surface area (Å²) in [6.07, 6.45) is -0.662. The van der Waals surface area contributed by atoms with Gasteiger partial charge in [0, 0.05) is 0 Å². The molecule has 0 saturated heterocycles. The van der Waals surface area contributed by atoms with Crippen LogP contribution in [-0.4, -0.2) is 6.36 Å². The SMILES string of the molecule is CCCC1CCc2c(cc(F)c(-c3ccc(OC(F)(F)F)cc3)c2F)C1. The number of rotatable bonds is 4. The predicted octanol–water partition coefficient (Wildman–Crippen LogP) is 6.44. The Morgan fingerprint density at radius 1 is 1.12 bits per heavy atom. The molecule has 0 spiro atoms. The van der Waals surface area contributed by atoms with Gasteiger partial charge in [-0.3, -0.25) is 0 Å². The average molecular weight is 370 g/mol. The Labute approximate surface area is 148 Å². The van der Waals surface area contributed by atoms with Crippen molar-refractivity contribution in [3.8, 4) is 16.9 Å². The van der Waals surface area contributed by atoms with E-state index in [1.807, 2.05) is 0 Å². The molecule has 1 aliphatic rings. The summed E-state index contributed by atoms with van der Waals surface area (Å²) in [6, 6.07) is 5.95. The Hall–Kier alpha value is -2.11. The molecular formula is C20H19F5O. The Bertz CT molecular complexity index is 780. The summed E-state index contributed by atoms with van der Waals surface area (Å²) in [4.78, 5) is 0. The van der Waals surface area contributed by atoms with Crippen molar-refractivity contribution >= 4 is 0 Å². The van der Waals surface area contributed by atoms with E-state index in [1.54, 1.807) is 0 Å². The summed E-state index contributed by atoms with van der Waals surface area (Å²) in [6.45, 7) is 2.09. The lowest BCUT2D eigenvalue weighted by Gasteiger charge is -2.26. The van der Waals surface area contributed by atoms with Gasteiger partial charge in [-0.15, -0.1) is 13.2 Å². The largest absolute Gasteiger partial charge is 0.573 e. The third kappa shape index (κ3) is 4.00. The first-order valence-corrected chi connectivity index (χ1v) is 8.64. The molecule has 0 aromatic heterocycles. The highest BCUT2D eigenvalue weighted by molar-refractivity contribution is 5.67. The van der Waals surface area contributed by atoms with E-state index in [9.17, 15) is 22.0 Å². The molecule has 0 saturated carbocycles. The van der Waals surface area contributed by atoms with Gasteiger partial charge in [-0.05, 0) is 60.1 Å². The van der Waals surface area contributed by atoms with Crippen molar-refractivity contribution in [2.24, 2.45) is 5.92 Å². The van der Waals surface area contributed by atoms with E-state index in [0.29, 0.717) is 29.9 Å². The molecule has 3 rings (SSSR count). The standard InChI is InChI=1S/C20H19F5O/c1-2-3-12-4-9-16-14(10-12)11-17(21)18(19(16)22)13-5-7-15(8-6-13)26-20(23,24)25/h5-8,11-12H,2-4,9-10H2,1H3. The van der Waals surface area contributed by atoms with Crippen LogP contribution in [0.4, 0.5) is 22.0 Å². The molecule has 1 atom stereocenters. The Morgan fingerprint density at radius 3 is 2.42 bits per heavy atom. The summed E-state index contributed by atoms with van der Waals surface area (Å²) in [5.74, 6) is -1.29. The Balaban J connectivity index is 1.92. The third-order valence-electron chi connectivity index (χ3n) is 4.80. The zero-order chi connectivity index (χ0) is 18.9. The van der Waals surface area contributed by atoms with Crippen LogP contribution in [0.15, 0.2) is 30.3 Å². The lowest BCUT2D eigenvalue weighted by atomic mass is 9.80. The van der Waals surface area contributed by atoms with Gasteiger partial charge in [0.15, 0.2) is 0 Å². The molecule has 140 valence electrons. The minimum atomic E-state index is -4.81. The van der Waals surface area contributed by atoms with Crippen LogP contribution in [0.2, 0.25) is 0 Å². The van der Waals surface area contributed by atoms with Gasteiger partial charge in [0.2, 0.25) is 0 Å². The summed E-state index contributed by atoms with van der Waals surface area (Å²) in [5.41, 5.74) is 1.21. The van der Waals surface area contributed by atoms with Crippen LogP contribution in [-0.2, 0) is 12.8 Å². The Kier molecular flexibility index (Phi) is 5.21. The number of hydrogen-bond donors (Lipinski definition) is 0. The van der Waals surface area contributed by atoms with Gasteiger partial charge in [0.25, 0.3) is 0 Å². The van der Waals surface area contributed by atoms with Crippen LogP contribution in [0, 0.1) is 17.6 Å². The van der Waals surface area contributed by atoms with E-state index in [4.69, 9.17) is 0 Å². The van der Waals surface area contributed by atoms with E-state index in [-0.39, 0.29) is 11.1 Å². The van der Waals surface area contributed by atoms with Crippen molar-refractivity contribution in [2.75, 3.05) is 0 Å². The molecule has 1 unspecified atom stereocenters. The number of halogens is 5. The van der Waals surface area contributed by atoms with E-state index in [1.165, 1.54) is 18.2 Å². The van der Waals surface area contributed by atoms with Gasteiger partial charge in [-0.1, -0.05) is 31.9 Å². The number of benzene rings is 2. The molecule has 1 nitrogen and oxygen atoms in total. The highest BCUT2D eigenvalue weighted by Gasteiger charge is 2.31. The molecule has 0 radical (unpaired) electrons. The lowest BCUT2D eigenvalue weighted by Crippen LogP contribution is -2.17. The van der Waals surface area contributed by atoms with Crippen LogP contribution in [0.5, 0.6) is 5.75 Å². The summed E-state index contributed by atoms with van der Waals surface area (Å²) >= 11 is 0. The first-order valence-electron chi connectivity index (χ1n) is 8.64. The first kappa shape index (κ1) is 18.7. The number of alkyl halides is 3. The van der Waals surface area contributed by atoms with Crippen LogP contribution in [0.1, 0.15) is 37.3 Å². The van der Waals surface area contributed by atoms with Crippen molar-refractivity contribution < 1.29 is 26.7 Å². The second kappa shape index (κ2) is 7.25. The quantitative estimate of drug-likeness (QED) is 0.563.